The van der Waals surface area contributed by atoms with Crippen LogP contribution in [0.3, 0.4) is 0 Å². The molecule has 29 heteroatoms. The average Bonchev–Trinajstić information content (AvgIpc) is 3.74. The van der Waals surface area contributed by atoms with Crippen molar-refractivity contribution in [2.45, 2.75) is 39.3 Å². The van der Waals surface area contributed by atoms with Gasteiger partial charge in [-0.2, -0.15) is 0 Å². The molecule has 3 aliphatic heterocycles. The highest BCUT2D eigenvalue weighted by molar-refractivity contribution is 7.12. The molecular formula is C30H78Br6N8O12S3. The topological polar surface area (TPSA) is 484 Å². The van der Waals surface area contributed by atoms with E-state index in [0.717, 1.165) is 39.3 Å². The Morgan fingerprint density at radius 3 is 0.542 bits per heavy atom. The predicted octanol–water partition coefficient (Wildman–Crippen LogP) is -31.6. The average molecular weight is 1320 g/mol. The fourth-order valence-electron chi connectivity index (χ4n) is 5.71. The molecule has 3 aromatic rings. The Hall–Kier alpha value is 1.18. The molecule has 20 nitrogen and oxygen atoms in total. The number of quaternary nitrogens is 6. The van der Waals surface area contributed by atoms with E-state index < -0.39 is 0 Å². The summed E-state index contributed by atoms with van der Waals surface area (Å²) in [6.07, 6.45) is 0. The lowest BCUT2D eigenvalue weighted by atomic mass is 10.3. The van der Waals surface area contributed by atoms with Crippen LogP contribution in [0.2, 0.25) is 0 Å². The number of hydrogen-bond donors (Lipinski definition) is 6. The Labute approximate surface area is 423 Å². The minimum atomic E-state index is 0. The normalized spacial score (nSPS) is 16.5. The third-order valence-electron chi connectivity index (χ3n) is 8.12. The molecule has 370 valence electrons. The largest absolute Gasteiger partial charge is 1.00 e. The highest BCUT2D eigenvalue weighted by Gasteiger charge is 2.13. The summed E-state index contributed by atoms with van der Waals surface area (Å²) in [6, 6.07) is 14.2. The van der Waals surface area contributed by atoms with Gasteiger partial charge in [0, 0.05) is 39.3 Å². The van der Waals surface area contributed by atoms with Crippen molar-refractivity contribution in [2.75, 3.05) is 78.5 Å². The van der Waals surface area contributed by atoms with Crippen molar-refractivity contribution in [2.24, 2.45) is 0 Å². The van der Waals surface area contributed by atoms with E-state index in [2.05, 4.69) is 78.1 Å². The van der Waals surface area contributed by atoms with Gasteiger partial charge in [-0.1, -0.05) is 0 Å². The Morgan fingerprint density at radius 1 is 0.271 bits per heavy atom. The molecule has 6 heterocycles. The number of nitrogens with two attached hydrogens (primary N) is 6. The van der Waals surface area contributed by atoms with Crippen molar-refractivity contribution in [3.05, 3.63) is 65.7 Å². The van der Waals surface area contributed by atoms with Crippen LogP contribution in [0.15, 0.2) is 36.4 Å². The van der Waals surface area contributed by atoms with Crippen LogP contribution in [0.4, 0.5) is 0 Å². The van der Waals surface area contributed by atoms with Gasteiger partial charge in [0.15, 0.2) is 0 Å². The van der Waals surface area contributed by atoms with E-state index in [1.807, 2.05) is 34.0 Å². The molecular weight excluding hydrogens is 1240 g/mol. The molecule has 59 heavy (non-hydrogen) atoms. The number of halogens is 6. The van der Waals surface area contributed by atoms with Crippen LogP contribution in [-0.2, 0) is 39.3 Å². The molecule has 0 radical (unpaired) electrons. The first kappa shape index (κ1) is 98.8. The number of nitrogens with zero attached hydrogens (tertiary/aromatic N) is 2. The molecule has 0 unspecified atom stereocenters. The summed E-state index contributed by atoms with van der Waals surface area (Å²) < 4.78 is 0. The van der Waals surface area contributed by atoms with Gasteiger partial charge >= 0.3 is 0 Å². The number of hydrogen-bond acceptors (Lipinski definition) is 5. The van der Waals surface area contributed by atoms with E-state index >= 15 is 0 Å². The fraction of sp³-hybridized carbons (Fsp3) is 0.600. The molecule has 0 atom stereocenters. The molecule has 0 amide bonds. The number of thiophene rings is 3. The third kappa shape index (κ3) is 39.3. The third-order valence-corrected chi connectivity index (χ3v) is 11.5. The first-order valence-corrected chi connectivity index (χ1v) is 18.3. The van der Waals surface area contributed by atoms with Crippen LogP contribution in [0, 0.1) is 0 Å². The Balaban J connectivity index is -0.0000000937. The Morgan fingerprint density at radius 2 is 0.407 bits per heavy atom. The lowest BCUT2D eigenvalue weighted by molar-refractivity contribution is -0.678. The van der Waals surface area contributed by atoms with Crippen molar-refractivity contribution >= 4 is 34.0 Å². The van der Waals surface area contributed by atoms with Gasteiger partial charge in [0.05, 0.1) is 68.5 Å². The summed E-state index contributed by atoms with van der Waals surface area (Å²) in [4.78, 5) is 14.5. The van der Waals surface area contributed by atoms with Gasteiger partial charge < -0.3 is 200 Å². The monoisotopic (exact) mass is 1310 g/mol. The van der Waals surface area contributed by atoms with E-state index in [4.69, 9.17) is 0 Å². The Bertz CT molecular complexity index is 980. The lowest BCUT2D eigenvalue weighted by Gasteiger charge is -2.20. The van der Waals surface area contributed by atoms with Crippen LogP contribution in [0.5, 0.6) is 0 Å². The van der Waals surface area contributed by atoms with Crippen molar-refractivity contribution in [3.63, 3.8) is 0 Å². The first-order valence-electron chi connectivity index (χ1n) is 15.9. The molecule has 0 saturated heterocycles. The SMILES string of the molecule is O.O.O.O.O.O.O.O.O.O.O.O.[Br-].[Br-].[Br-].[Br-].[Br-].[Br-].c1cc2sc1C[NH2+]CCN1CC[NH2+]Cc3ccc(s3)C[NH2+]CCN(CC[NH2+]C2)CC[NH2+]Cc2ccc(s2)C[NH2+]CC1. The highest BCUT2D eigenvalue weighted by Crippen LogP contribution is 2.15. The molecule has 0 aliphatic carbocycles. The Kier molecular flexibility index (Phi) is 99.1. The van der Waals surface area contributed by atoms with Gasteiger partial charge in [0.2, 0.25) is 0 Å². The fourth-order valence-corrected chi connectivity index (χ4v) is 8.74. The van der Waals surface area contributed by atoms with E-state index in [1.54, 1.807) is 0 Å². The summed E-state index contributed by atoms with van der Waals surface area (Å²) in [5, 5.41) is 15.1. The van der Waals surface area contributed by atoms with Crippen LogP contribution >= 0.6 is 34.0 Å². The molecule has 8 bridgehead atoms. The van der Waals surface area contributed by atoms with Gasteiger partial charge in [0.25, 0.3) is 0 Å². The summed E-state index contributed by atoms with van der Waals surface area (Å²) in [5.74, 6) is 0. The number of rotatable bonds is 0. The summed E-state index contributed by atoms with van der Waals surface area (Å²) in [7, 11) is 0. The molecule has 0 spiro atoms. The van der Waals surface area contributed by atoms with Crippen molar-refractivity contribution < 1.29 is 200 Å². The van der Waals surface area contributed by atoms with E-state index in [-0.39, 0.29) is 168 Å². The van der Waals surface area contributed by atoms with Crippen molar-refractivity contribution in [1.82, 2.24) is 9.80 Å². The van der Waals surface area contributed by atoms with Gasteiger partial charge in [0.1, 0.15) is 39.3 Å². The molecule has 0 saturated carbocycles. The first-order chi connectivity index (χ1) is 20.3. The maximum absolute atomic E-state index is 2.70. The second-order valence-corrected chi connectivity index (χ2v) is 15.2. The second kappa shape index (κ2) is 59.2. The zero-order valence-electron chi connectivity index (χ0n) is 33.0. The maximum Gasteiger partial charge on any atom is 0.111 e. The summed E-state index contributed by atoms with van der Waals surface area (Å²) in [6.45, 7) is 20.7. The zero-order valence-corrected chi connectivity index (χ0v) is 45.0. The van der Waals surface area contributed by atoms with Gasteiger partial charge in [-0.05, 0) is 36.4 Å². The predicted molar refractivity (Wildman–Crippen MR) is 212 cm³/mol. The highest BCUT2D eigenvalue weighted by atomic mass is 79.9. The van der Waals surface area contributed by atoms with Gasteiger partial charge in [-0.25, -0.2) is 0 Å². The molecule has 0 fully saturated rings. The van der Waals surface area contributed by atoms with E-state index in [0.29, 0.717) is 0 Å². The quantitative estimate of drug-likeness (QED) is 0.128. The molecule has 36 N–H and O–H groups in total. The number of fused-ring (bicyclic) bond motifs is 18. The second-order valence-electron chi connectivity index (χ2n) is 11.5. The maximum atomic E-state index is 2.70. The molecule has 6 rings (SSSR count). The standard InChI is InChI=1S/C30H48N8S3.6BrH.12H2O/c1-2-26-20-32-8-14-38-17-11-35-23-29-5-3-27(40-29)21-33-9-15-37(13-7-31-19-25(1)39-26)16-10-34-22-28-4-6-30(41-28)24-36-12-18-38;;;;;;;;;;;;;;;;;;/h1-6,31-36H,7-24H2;6*1H;12*1H2. The van der Waals surface area contributed by atoms with Crippen LogP contribution in [0.25, 0.3) is 0 Å². The minimum Gasteiger partial charge on any atom is -1.00 e. The smallest absolute Gasteiger partial charge is 0.111 e. The van der Waals surface area contributed by atoms with Gasteiger partial charge in [-0.3, -0.25) is 9.80 Å². The van der Waals surface area contributed by atoms with Crippen LogP contribution < -0.4 is 134 Å². The molecule has 3 aromatic heterocycles. The van der Waals surface area contributed by atoms with Crippen LogP contribution in [-0.4, -0.2) is 154 Å². The summed E-state index contributed by atoms with van der Waals surface area (Å²) in [5.41, 5.74) is 0. The van der Waals surface area contributed by atoms with Crippen LogP contribution in [0.1, 0.15) is 29.3 Å². The lowest BCUT2D eigenvalue weighted by Crippen LogP contribution is -3.00. The van der Waals surface area contributed by atoms with E-state index in [1.165, 1.54) is 108 Å². The van der Waals surface area contributed by atoms with Crippen molar-refractivity contribution in [1.29, 1.82) is 0 Å². The molecule has 3 aliphatic rings. The van der Waals surface area contributed by atoms with E-state index in [9.17, 15) is 0 Å². The minimum absolute atomic E-state index is 0. The summed E-state index contributed by atoms with van der Waals surface area (Å²) >= 11 is 6.04. The van der Waals surface area contributed by atoms with Crippen molar-refractivity contribution in [3.8, 4) is 0 Å². The van der Waals surface area contributed by atoms with Gasteiger partial charge in [-0.15, -0.1) is 34.0 Å². The molecule has 0 aromatic carbocycles. The zero-order chi connectivity index (χ0) is 28.0.